The average Bonchev–Trinajstić information content (AvgIpc) is 3.27. The number of nitrogens with zero attached hydrogens (tertiary/aromatic N) is 2. The van der Waals surface area contributed by atoms with Gasteiger partial charge in [0.05, 0.1) is 16.6 Å². The molecule has 1 heterocycles. The van der Waals surface area contributed by atoms with Crippen molar-refractivity contribution in [1.29, 1.82) is 0 Å². The van der Waals surface area contributed by atoms with Crippen LogP contribution in [0.4, 0.5) is 11.4 Å². The molecule has 182 valence electrons. The van der Waals surface area contributed by atoms with Crippen LogP contribution in [-0.4, -0.2) is 25.7 Å². The van der Waals surface area contributed by atoms with E-state index < -0.39 is 7.92 Å². The van der Waals surface area contributed by atoms with Crippen LogP contribution in [0.15, 0.2) is 102 Å². The minimum atomic E-state index is -0.595. The largest absolute Gasteiger partial charge is 0.377 e. The van der Waals surface area contributed by atoms with Gasteiger partial charge in [-0.05, 0) is 74.9 Å². The van der Waals surface area contributed by atoms with E-state index in [4.69, 9.17) is 4.99 Å². The first kappa shape index (κ1) is 24.5. The van der Waals surface area contributed by atoms with E-state index in [1.165, 1.54) is 44.3 Å². The number of anilines is 1. The van der Waals surface area contributed by atoms with Crippen LogP contribution in [-0.2, 0) is 5.41 Å². The highest BCUT2D eigenvalue weighted by Gasteiger charge is 2.49. The smallest absolute Gasteiger partial charge is 0.0692 e. The Balaban J connectivity index is 1.86. The van der Waals surface area contributed by atoms with Crippen molar-refractivity contribution in [2.45, 2.75) is 32.6 Å². The maximum atomic E-state index is 5.69. The van der Waals surface area contributed by atoms with Crippen LogP contribution in [0.1, 0.15) is 34.2 Å². The van der Waals surface area contributed by atoms with Gasteiger partial charge in [0.1, 0.15) is 0 Å². The van der Waals surface area contributed by atoms with E-state index >= 15 is 0 Å². The zero-order valence-corrected chi connectivity index (χ0v) is 22.9. The molecule has 5 rings (SSSR count). The Kier molecular flexibility index (Phi) is 6.82. The van der Waals surface area contributed by atoms with Gasteiger partial charge in [0.2, 0.25) is 0 Å². The summed E-state index contributed by atoms with van der Waals surface area (Å²) in [4.78, 5) is 7.94. The highest BCUT2D eigenvalue weighted by atomic mass is 31.1. The fourth-order valence-electron chi connectivity index (χ4n) is 5.83. The van der Waals surface area contributed by atoms with Crippen molar-refractivity contribution in [3.05, 3.63) is 125 Å². The van der Waals surface area contributed by atoms with Crippen molar-refractivity contribution < 1.29 is 0 Å². The average molecular weight is 491 g/mol. The molecule has 0 amide bonds. The van der Waals surface area contributed by atoms with Gasteiger partial charge in [-0.1, -0.05) is 96.6 Å². The number of hydrogen-bond acceptors (Lipinski definition) is 2. The van der Waals surface area contributed by atoms with Crippen molar-refractivity contribution in [1.82, 2.24) is 0 Å². The zero-order chi connectivity index (χ0) is 25.3. The first-order valence-corrected chi connectivity index (χ1v) is 14.3. The molecule has 1 saturated heterocycles. The molecular weight excluding hydrogens is 455 g/mol. The molecule has 0 aromatic heterocycles. The highest BCUT2D eigenvalue weighted by Crippen LogP contribution is 2.59. The molecule has 4 aromatic rings. The first-order chi connectivity index (χ1) is 17.4. The Bertz CT molecular complexity index is 1370. The maximum Gasteiger partial charge on any atom is 0.0692 e. The van der Waals surface area contributed by atoms with E-state index in [1.807, 2.05) is 0 Å². The summed E-state index contributed by atoms with van der Waals surface area (Å²) < 4.78 is 0. The van der Waals surface area contributed by atoms with Crippen molar-refractivity contribution in [3.8, 4) is 0 Å². The summed E-state index contributed by atoms with van der Waals surface area (Å²) in [5, 5.41) is 1.41. The number of hydrogen-bond donors (Lipinski definition) is 0. The molecule has 0 radical (unpaired) electrons. The number of aryl methyl sites for hydroxylation is 3. The van der Waals surface area contributed by atoms with Crippen molar-refractivity contribution in [3.63, 3.8) is 0 Å². The monoisotopic (exact) mass is 490 g/mol. The van der Waals surface area contributed by atoms with E-state index in [2.05, 4.69) is 137 Å². The summed E-state index contributed by atoms with van der Waals surface area (Å²) >= 11 is 0. The Morgan fingerprint density at radius 2 is 1.33 bits per heavy atom. The van der Waals surface area contributed by atoms with Crippen LogP contribution in [0.5, 0.6) is 0 Å². The number of para-hydroxylation sites is 1. The predicted octanol–water partition coefficient (Wildman–Crippen LogP) is 7.91. The standard InChI is InChI=1S/C33H35N2P/c1-24-22-25(2)31(26(3)23-24)34-32-33(27-14-8-6-9-15-27,29-18-12-13-19-30(29)35(4)5)20-21-36(32)28-16-10-7-11-17-28/h6-19,22-23H,20-21H2,1-5H3. The molecule has 2 unspecified atom stereocenters. The molecule has 2 nitrogen and oxygen atoms in total. The minimum Gasteiger partial charge on any atom is -0.377 e. The molecule has 0 bridgehead atoms. The molecule has 4 aromatic carbocycles. The van der Waals surface area contributed by atoms with Crippen LogP contribution in [0.25, 0.3) is 0 Å². The number of aliphatic imine (C=N–C) groups is 1. The van der Waals surface area contributed by atoms with Gasteiger partial charge in [0, 0.05) is 19.8 Å². The topological polar surface area (TPSA) is 15.6 Å². The van der Waals surface area contributed by atoms with Crippen LogP contribution >= 0.6 is 7.92 Å². The van der Waals surface area contributed by atoms with Crippen molar-refractivity contribution >= 4 is 30.1 Å². The summed E-state index contributed by atoms with van der Waals surface area (Å²) in [6.07, 6.45) is 2.17. The third-order valence-electron chi connectivity index (χ3n) is 7.38. The maximum absolute atomic E-state index is 5.69. The Morgan fingerprint density at radius 3 is 1.97 bits per heavy atom. The van der Waals surface area contributed by atoms with Gasteiger partial charge in [0.15, 0.2) is 0 Å². The lowest BCUT2D eigenvalue weighted by atomic mass is 9.72. The number of benzene rings is 4. The molecule has 2 atom stereocenters. The van der Waals surface area contributed by atoms with Gasteiger partial charge < -0.3 is 4.90 Å². The van der Waals surface area contributed by atoms with E-state index in [9.17, 15) is 0 Å². The zero-order valence-electron chi connectivity index (χ0n) is 22.0. The van der Waals surface area contributed by atoms with Gasteiger partial charge in [-0.3, -0.25) is 4.99 Å². The molecule has 0 aliphatic carbocycles. The quantitative estimate of drug-likeness (QED) is 0.260. The van der Waals surface area contributed by atoms with E-state index in [-0.39, 0.29) is 5.41 Å². The molecule has 0 saturated carbocycles. The Morgan fingerprint density at radius 1 is 0.750 bits per heavy atom. The summed E-state index contributed by atoms with van der Waals surface area (Å²) in [6, 6.07) is 35.6. The van der Waals surface area contributed by atoms with Crippen LogP contribution in [0.2, 0.25) is 0 Å². The molecular formula is C33H35N2P. The molecule has 36 heavy (non-hydrogen) atoms. The summed E-state index contributed by atoms with van der Waals surface area (Å²) in [6.45, 7) is 6.58. The van der Waals surface area contributed by atoms with Crippen LogP contribution in [0.3, 0.4) is 0 Å². The lowest BCUT2D eigenvalue weighted by molar-refractivity contribution is 0.685. The Labute approximate surface area is 217 Å². The second-order valence-electron chi connectivity index (χ2n) is 10.1. The summed E-state index contributed by atoms with van der Waals surface area (Å²) in [5.74, 6) is 0. The van der Waals surface area contributed by atoms with E-state index in [1.54, 1.807) is 0 Å². The summed E-state index contributed by atoms with van der Waals surface area (Å²) in [7, 11) is 3.71. The molecule has 0 N–H and O–H groups in total. The molecule has 0 spiro atoms. The third kappa shape index (κ3) is 4.29. The van der Waals surface area contributed by atoms with E-state index in [0.29, 0.717) is 0 Å². The fraction of sp³-hybridized carbons (Fsp3) is 0.242. The first-order valence-electron chi connectivity index (χ1n) is 12.7. The summed E-state index contributed by atoms with van der Waals surface area (Å²) in [5.41, 5.74) is 9.89. The lowest BCUT2D eigenvalue weighted by Crippen LogP contribution is -2.34. The normalized spacial score (nSPS) is 20.6. The van der Waals surface area contributed by atoms with E-state index in [0.717, 1.165) is 18.3 Å². The minimum absolute atomic E-state index is 0.284. The molecule has 1 aliphatic rings. The molecule has 1 aliphatic heterocycles. The number of rotatable bonds is 5. The van der Waals surface area contributed by atoms with Crippen LogP contribution < -0.4 is 10.2 Å². The SMILES string of the molecule is Cc1cc(C)c(N=C2P(c3ccccc3)CCC2(c2ccccc2)c2ccccc2N(C)C)c(C)c1. The van der Waals surface area contributed by atoms with Crippen LogP contribution in [0, 0.1) is 20.8 Å². The molecule has 1 fully saturated rings. The van der Waals surface area contributed by atoms with Crippen molar-refractivity contribution in [2.75, 3.05) is 25.2 Å². The third-order valence-corrected chi connectivity index (χ3v) is 9.97. The predicted molar refractivity (Wildman–Crippen MR) is 158 cm³/mol. The van der Waals surface area contributed by atoms with Gasteiger partial charge in [-0.15, -0.1) is 0 Å². The molecule has 3 heteroatoms. The highest BCUT2D eigenvalue weighted by molar-refractivity contribution is 7.82. The fourth-order valence-corrected chi connectivity index (χ4v) is 8.68. The second-order valence-corrected chi connectivity index (χ2v) is 12.3. The van der Waals surface area contributed by atoms with Gasteiger partial charge >= 0.3 is 0 Å². The van der Waals surface area contributed by atoms with Gasteiger partial charge in [-0.25, -0.2) is 0 Å². The second kappa shape index (κ2) is 10.0. The Hall–Kier alpha value is -3.22. The van der Waals surface area contributed by atoms with Crippen molar-refractivity contribution in [2.24, 2.45) is 4.99 Å². The van der Waals surface area contributed by atoms with Gasteiger partial charge in [0.25, 0.3) is 0 Å². The van der Waals surface area contributed by atoms with Gasteiger partial charge in [-0.2, -0.15) is 0 Å². The lowest BCUT2D eigenvalue weighted by Gasteiger charge is -2.36.